The molecule has 0 aliphatic heterocycles. The molecule has 24 heavy (non-hydrogen) atoms. The summed E-state index contributed by atoms with van der Waals surface area (Å²) in [6, 6.07) is 14.0. The van der Waals surface area contributed by atoms with E-state index in [1.807, 2.05) is 19.1 Å². The van der Waals surface area contributed by atoms with Crippen LogP contribution in [0.3, 0.4) is 0 Å². The summed E-state index contributed by atoms with van der Waals surface area (Å²) in [6.45, 7) is 1.93. The Morgan fingerprint density at radius 1 is 1.00 bits per heavy atom. The number of benzene rings is 2. The summed E-state index contributed by atoms with van der Waals surface area (Å²) in [5.41, 5.74) is 7.29. The van der Waals surface area contributed by atoms with Gasteiger partial charge in [-0.05, 0) is 49.0 Å². The Kier molecular flexibility index (Phi) is 6.28. The topological polar surface area (TPSA) is 70.2 Å². The third-order valence-corrected chi connectivity index (χ3v) is 3.59. The normalized spacial score (nSPS) is 9.92. The molecule has 0 saturated carbocycles. The van der Waals surface area contributed by atoms with E-state index in [4.69, 9.17) is 23.8 Å². The van der Waals surface area contributed by atoms with Gasteiger partial charge < -0.3 is 0 Å². The van der Waals surface area contributed by atoms with Crippen LogP contribution in [0.4, 0.5) is 0 Å². The molecule has 0 spiro atoms. The highest BCUT2D eigenvalue weighted by molar-refractivity contribution is 7.80. The second-order valence-corrected chi connectivity index (χ2v) is 5.97. The summed E-state index contributed by atoms with van der Waals surface area (Å²) in [5, 5.41) is 3.12. The standard InChI is InChI=1S/C17H16ClN3O2S/c1-11-2-6-13(7-3-11)16(23)19-17(24)21-20-15(22)10-12-4-8-14(18)9-5-12/h2-9H,10H2,1H3,(H,20,22)(H2,19,21,23,24). The van der Waals surface area contributed by atoms with Crippen molar-refractivity contribution in [1.82, 2.24) is 16.2 Å². The maximum Gasteiger partial charge on any atom is 0.257 e. The van der Waals surface area contributed by atoms with E-state index >= 15 is 0 Å². The highest BCUT2D eigenvalue weighted by Gasteiger charge is 2.08. The summed E-state index contributed by atoms with van der Waals surface area (Å²) in [6.07, 6.45) is 0.165. The van der Waals surface area contributed by atoms with Crippen molar-refractivity contribution in [1.29, 1.82) is 0 Å². The SMILES string of the molecule is Cc1ccc(C(=O)NC(=S)NNC(=O)Cc2ccc(Cl)cc2)cc1. The molecular formula is C17H16ClN3O2S. The van der Waals surface area contributed by atoms with Gasteiger partial charge in [0.05, 0.1) is 6.42 Å². The predicted octanol–water partition coefficient (Wildman–Crippen LogP) is 2.53. The molecule has 0 saturated heterocycles. The van der Waals surface area contributed by atoms with Gasteiger partial charge in [-0.25, -0.2) is 0 Å². The fourth-order valence-electron chi connectivity index (χ4n) is 1.87. The number of hydrogen-bond acceptors (Lipinski definition) is 3. The molecule has 5 nitrogen and oxygen atoms in total. The smallest absolute Gasteiger partial charge is 0.257 e. The molecule has 0 fully saturated rings. The first-order valence-electron chi connectivity index (χ1n) is 7.15. The average molecular weight is 362 g/mol. The molecule has 2 amide bonds. The van der Waals surface area contributed by atoms with Crippen LogP contribution < -0.4 is 16.2 Å². The van der Waals surface area contributed by atoms with E-state index in [0.29, 0.717) is 10.6 Å². The van der Waals surface area contributed by atoms with Crippen LogP contribution in [0.25, 0.3) is 0 Å². The van der Waals surface area contributed by atoms with Crippen LogP contribution in [-0.2, 0) is 11.2 Å². The van der Waals surface area contributed by atoms with Crippen LogP contribution in [0.5, 0.6) is 0 Å². The van der Waals surface area contributed by atoms with Crippen LogP contribution >= 0.6 is 23.8 Å². The number of amides is 2. The van der Waals surface area contributed by atoms with Crippen LogP contribution in [0.15, 0.2) is 48.5 Å². The van der Waals surface area contributed by atoms with Gasteiger partial charge in [-0.15, -0.1) is 0 Å². The Labute approximate surface area is 150 Å². The van der Waals surface area contributed by atoms with Gasteiger partial charge in [-0.2, -0.15) is 0 Å². The fraction of sp³-hybridized carbons (Fsp3) is 0.118. The van der Waals surface area contributed by atoms with E-state index in [1.165, 1.54) is 0 Å². The first kappa shape index (κ1) is 17.9. The van der Waals surface area contributed by atoms with Crippen molar-refractivity contribution in [2.24, 2.45) is 0 Å². The highest BCUT2D eigenvalue weighted by atomic mass is 35.5. The lowest BCUT2D eigenvalue weighted by Crippen LogP contribution is -2.48. The molecular weight excluding hydrogens is 346 g/mol. The molecule has 124 valence electrons. The Morgan fingerprint density at radius 2 is 1.62 bits per heavy atom. The van der Waals surface area contributed by atoms with E-state index < -0.39 is 0 Å². The Morgan fingerprint density at radius 3 is 2.25 bits per heavy atom. The molecule has 0 aliphatic rings. The summed E-state index contributed by atoms with van der Waals surface area (Å²) >= 11 is 10.8. The summed E-state index contributed by atoms with van der Waals surface area (Å²) < 4.78 is 0. The first-order valence-corrected chi connectivity index (χ1v) is 7.94. The van der Waals surface area contributed by atoms with Crippen LogP contribution in [0.1, 0.15) is 21.5 Å². The van der Waals surface area contributed by atoms with Crippen molar-refractivity contribution >= 4 is 40.7 Å². The van der Waals surface area contributed by atoms with E-state index in [1.54, 1.807) is 36.4 Å². The fourth-order valence-corrected chi connectivity index (χ4v) is 2.14. The molecule has 0 heterocycles. The molecule has 0 aliphatic carbocycles. The van der Waals surface area contributed by atoms with Gasteiger partial charge in [-0.3, -0.25) is 25.8 Å². The Balaban J connectivity index is 1.78. The van der Waals surface area contributed by atoms with Gasteiger partial charge in [0.2, 0.25) is 5.91 Å². The van der Waals surface area contributed by atoms with Crippen molar-refractivity contribution < 1.29 is 9.59 Å². The number of hydrogen-bond donors (Lipinski definition) is 3. The molecule has 2 rings (SSSR count). The maximum atomic E-state index is 12.0. The number of nitrogens with one attached hydrogen (secondary N) is 3. The zero-order valence-electron chi connectivity index (χ0n) is 12.9. The first-order chi connectivity index (χ1) is 11.4. The lowest BCUT2D eigenvalue weighted by molar-refractivity contribution is -0.121. The largest absolute Gasteiger partial charge is 0.298 e. The number of thiocarbonyl (C=S) groups is 1. The number of hydrazine groups is 1. The highest BCUT2D eigenvalue weighted by Crippen LogP contribution is 2.09. The van der Waals surface area contributed by atoms with Crippen molar-refractivity contribution in [2.45, 2.75) is 13.3 Å². The quantitative estimate of drug-likeness (QED) is 0.580. The molecule has 2 aromatic carbocycles. The number of halogens is 1. The van der Waals surface area contributed by atoms with E-state index in [9.17, 15) is 9.59 Å². The van der Waals surface area contributed by atoms with E-state index in [2.05, 4.69) is 16.2 Å². The Bertz CT molecular complexity index is 745. The van der Waals surface area contributed by atoms with Crippen LogP contribution in [0, 0.1) is 6.92 Å². The number of carbonyl (C=O) groups excluding carboxylic acids is 2. The van der Waals surface area contributed by atoms with Crippen LogP contribution in [0.2, 0.25) is 5.02 Å². The number of rotatable bonds is 3. The second kappa shape index (κ2) is 8.42. The lowest BCUT2D eigenvalue weighted by Gasteiger charge is -2.11. The van der Waals surface area contributed by atoms with Crippen LogP contribution in [-0.4, -0.2) is 16.9 Å². The van der Waals surface area contributed by atoms with Crippen molar-refractivity contribution in [3.8, 4) is 0 Å². The maximum absolute atomic E-state index is 12.0. The van der Waals surface area contributed by atoms with Gasteiger partial charge in [-0.1, -0.05) is 41.4 Å². The molecule has 3 N–H and O–H groups in total. The minimum atomic E-state index is -0.348. The van der Waals surface area contributed by atoms with E-state index in [-0.39, 0.29) is 23.3 Å². The zero-order valence-corrected chi connectivity index (χ0v) is 14.5. The number of carbonyl (C=O) groups is 2. The zero-order chi connectivity index (χ0) is 17.5. The third kappa shape index (κ3) is 5.64. The second-order valence-electron chi connectivity index (χ2n) is 5.13. The van der Waals surface area contributed by atoms with Gasteiger partial charge >= 0.3 is 0 Å². The third-order valence-electron chi connectivity index (χ3n) is 3.13. The Hall–Kier alpha value is -2.44. The summed E-state index contributed by atoms with van der Waals surface area (Å²) in [4.78, 5) is 23.8. The van der Waals surface area contributed by atoms with Crippen molar-refractivity contribution in [3.05, 3.63) is 70.2 Å². The summed E-state index contributed by atoms with van der Waals surface area (Å²) in [5.74, 6) is -0.635. The monoisotopic (exact) mass is 361 g/mol. The van der Waals surface area contributed by atoms with E-state index in [0.717, 1.165) is 11.1 Å². The van der Waals surface area contributed by atoms with Crippen molar-refractivity contribution in [3.63, 3.8) is 0 Å². The molecule has 0 atom stereocenters. The van der Waals surface area contributed by atoms with Gasteiger partial charge in [0, 0.05) is 10.6 Å². The molecule has 7 heteroatoms. The minimum Gasteiger partial charge on any atom is -0.298 e. The van der Waals surface area contributed by atoms with Gasteiger partial charge in [0.15, 0.2) is 5.11 Å². The molecule has 0 radical (unpaired) electrons. The molecule has 0 bridgehead atoms. The minimum absolute atomic E-state index is 0.0185. The predicted molar refractivity (Wildman–Crippen MR) is 97.7 cm³/mol. The summed E-state index contributed by atoms with van der Waals surface area (Å²) in [7, 11) is 0. The molecule has 2 aromatic rings. The number of aryl methyl sites for hydroxylation is 1. The van der Waals surface area contributed by atoms with Gasteiger partial charge in [0.1, 0.15) is 0 Å². The average Bonchev–Trinajstić information content (AvgIpc) is 2.55. The van der Waals surface area contributed by atoms with Crippen molar-refractivity contribution in [2.75, 3.05) is 0 Å². The molecule has 0 aromatic heterocycles. The van der Waals surface area contributed by atoms with Gasteiger partial charge in [0.25, 0.3) is 5.91 Å². The molecule has 0 unspecified atom stereocenters. The lowest BCUT2D eigenvalue weighted by atomic mass is 10.1.